The summed E-state index contributed by atoms with van der Waals surface area (Å²) in [6.45, 7) is 4.32. The molecular formula is C25H31FN4O3S. The van der Waals surface area contributed by atoms with Gasteiger partial charge in [0.05, 0.1) is 23.5 Å². The van der Waals surface area contributed by atoms with Gasteiger partial charge >= 0.3 is 0 Å². The van der Waals surface area contributed by atoms with Crippen LogP contribution in [-0.4, -0.2) is 69.0 Å². The van der Waals surface area contributed by atoms with E-state index in [1.54, 1.807) is 18.6 Å². The van der Waals surface area contributed by atoms with E-state index in [1.165, 1.54) is 18.5 Å². The number of aromatic nitrogens is 2. The summed E-state index contributed by atoms with van der Waals surface area (Å²) in [6, 6.07) is 8.33. The topological polar surface area (TPSA) is 87.9 Å². The van der Waals surface area contributed by atoms with Crippen molar-refractivity contribution in [1.82, 2.24) is 14.9 Å². The zero-order valence-corrected chi connectivity index (χ0v) is 20.6. The number of benzene rings is 2. The van der Waals surface area contributed by atoms with Gasteiger partial charge in [-0.25, -0.2) is 18.6 Å². The lowest BCUT2D eigenvalue weighted by molar-refractivity contribution is 0.0760. The highest BCUT2D eigenvalue weighted by Crippen LogP contribution is 2.31. The molecule has 7 nitrogen and oxygen atoms in total. The van der Waals surface area contributed by atoms with E-state index < -0.39 is 9.73 Å². The molecule has 1 saturated heterocycles. The molecule has 1 aromatic heterocycles. The summed E-state index contributed by atoms with van der Waals surface area (Å²) in [5, 5.41) is 10.2. The Hall–Kier alpha value is -2.62. The Kier molecular flexibility index (Phi) is 7.45. The number of β-amino-alcohol motifs (C(OH)–C–C–N with tert-alkyl or cyclic N) is 1. The van der Waals surface area contributed by atoms with Crippen molar-refractivity contribution in [2.24, 2.45) is 4.36 Å². The molecule has 9 heteroatoms. The van der Waals surface area contributed by atoms with E-state index in [1.807, 2.05) is 19.1 Å². The molecule has 0 radical (unpaired) electrons. The van der Waals surface area contributed by atoms with Crippen LogP contribution in [0.4, 0.5) is 10.1 Å². The Morgan fingerprint density at radius 3 is 2.85 bits per heavy atom. The molecule has 34 heavy (non-hydrogen) atoms. The summed E-state index contributed by atoms with van der Waals surface area (Å²) >= 11 is 0. The van der Waals surface area contributed by atoms with Crippen LogP contribution < -0.4 is 4.74 Å². The second-order valence-electron chi connectivity index (χ2n) is 9.08. The van der Waals surface area contributed by atoms with E-state index in [0.29, 0.717) is 30.9 Å². The van der Waals surface area contributed by atoms with Gasteiger partial charge in [-0.15, -0.1) is 0 Å². The molecule has 1 atom stereocenters. The number of piperidine rings is 1. The van der Waals surface area contributed by atoms with Crippen LogP contribution in [0.15, 0.2) is 41.0 Å². The fourth-order valence-corrected chi connectivity index (χ4v) is 5.10. The Morgan fingerprint density at radius 2 is 2.09 bits per heavy atom. The van der Waals surface area contributed by atoms with Crippen LogP contribution in [0, 0.1) is 12.7 Å². The van der Waals surface area contributed by atoms with Crippen LogP contribution in [-0.2, 0) is 16.1 Å². The third-order valence-electron chi connectivity index (χ3n) is 5.88. The molecule has 1 aliphatic rings. The third kappa shape index (κ3) is 6.08. The molecule has 0 saturated carbocycles. The maximum atomic E-state index is 14.2. The molecule has 0 spiro atoms. The van der Waals surface area contributed by atoms with Crippen LogP contribution in [0.1, 0.15) is 29.7 Å². The average Bonchev–Trinajstić information content (AvgIpc) is 2.75. The van der Waals surface area contributed by atoms with Crippen molar-refractivity contribution < 1.29 is 18.4 Å². The molecule has 1 N–H and O–H groups in total. The molecule has 0 aliphatic carbocycles. The van der Waals surface area contributed by atoms with Crippen LogP contribution in [0.2, 0.25) is 0 Å². The maximum absolute atomic E-state index is 14.2. The fourth-order valence-electron chi connectivity index (χ4n) is 4.49. The first kappa shape index (κ1) is 24.5. The standard InChI is InChI=1S/C25H31FN4O3S/c1-17-11-20(29-34(2,3)32)14-23-25(17)22(27-16-28-23)12-18-6-7-19(26)13-24(18)33-21-5-4-8-30(15-21)9-10-31/h6-7,11,13-14,16,21,31H,4-5,8-10,12,15H2,1-3H3/t21-/m1/s1. The second kappa shape index (κ2) is 10.3. The summed E-state index contributed by atoms with van der Waals surface area (Å²) in [5.41, 5.74) is 3.94. The number of ether oxygens (including phenoxy) is 1. The van der Waals surface area contributed by atoms with Crippen molar-refractivity contribution in [3.8, 4) is 5.75 Å². The zero-order valence-electron chi connectivity index (χ0n) is 19.8. The highest BCUT2D eigenvalue weighted by atomic mass is 32.2. The SMILES string of the molecule is Cc1cc(N=S(C)(C)=O)cc2ncnc(Cc3ccc(F)cc3O[C@@H]3CCCN(CCO)C3)c12. The van der Waals surface area contributed by atoms with E-state index in [0.717, 1.165) is 47.1 Å². The molecule has 2 heterocycles. The van der Waals surface area contributed by atoms with Gasteiger partial charge in [-0.2, -0.15) is 4.36 Å². The number of hydrogen-bond acceptors (Lipinski definition) is 7. The predicted molar refractivity (Wildman–Crippen MR) is 133 cm³/mol. The number of aliphatic hydroxyl groups excluding tert-OH is 1. The van der Waals surface area contributed by atoms with Gasteiger partial charge in [-0.3, -0.25) is 4.90 Å². The summed E-state index contributed by atoms with van der Waals surface area (Å²) in [5.74, 6) is 0.170. The molecule has 4 rings (SSSR count). The van der Waals surface area contributed by atoms with Gasteiger partial charge in [0.25, 0.3) is 0 Å². The fraction of sp³-hybridized carbons (Fsp3) is 0.440. The van der Waals surface area contributed by atoms with Crippen molar-refractivity contribution >= 4 is 26.3 Å². The van der Waals surface area contributed by atoms with E-state index in [2.05, 4.69) is 19.2 Å². The molecule has 0 unspecified atom stereocenters. The van der Waals surface area contributed by atoms with Gasteiger partial charge in [0.15, 0.2) is 0 Å². The van der Waals surface area contributed by atoms with Crippen molar-refractivity contribution in [3.63, 3.8) is 0 Å². The lowest BCUT2D eigenvalue weighted by Crippen LogP contribution is -2.42. The second-order valence-corrected chi connectivity index (χ2v) is 11.6. The van der Waals surface area contributed by atoms with E-state index in [-0.39, 0.29) is 18.5 Å². The van der Waals surface area contributed by atoms with Crippen molar-refractivity contribution in [2.75, 3.05) is 38.8 Å². The summed E-state index contributed by atoms with van der Waals surface area (Å²) in [7, 11) is -2.29. The molecular weight excluding hydrogens is 455 g/mol. The Labute approximate surface area is 200 Å². The minimum Gasteiger partial charge on any atom is -0.489 e. The number of halogens is 1. The molecule has 2 aromatic carbocycles. The number of likely N-dealkylation sites (tertiary alicyclic amines) is 1. The first-order valence-electron chi connectivity index (χ1n) is 11.4. The van der Waals surface area contributed by atoms with Crippen molar-refractivity contribution in [2.45, 2.75) is 32.3 Å². The zero-order chi connectivity index (χ0) is 24.3. The number of aryl methyl sites for hydroxylation is 1. The molecule has 1 aliphatic heterocycles. The van der Waals surface area contributed by atoms with Gasteiger partial charge < -0.3 is 9.84 Å². The van der Waals surface area contributed by atoms with Gasteiger partial charge in [-0.1, -0.05) is 6.07 Å². The first-order valence-corrected chi connectivity index (χ1v) is 13.7. The Morgan fingerprint density at radius 1 is 1.26 bits per heavy atom. The summed E-state index contributed by atoms with van der Waals surface area (Å²) < 4.78 is 36.9. The molecule has 3 aromatic rings. The van der Waals surface area contributed by atoms with E-state index in [4.69, 9.17) is 4.74 Å². The molecule has 182 valence electrons. The normalized spacial score (nSPS) is 17.1. The largest absolute Gasteiger partial charge is 0.489 e. The van der Waals surface area contributed by atoms with Crippen molar-refractivity contribution in [1.29, 1.82) is 0 Å². The molecule has 1 fully saturated rings. The van der Waals surface area contributed by atoms with Crippen LogP contribution in [0.3, 0.4) is 0 Å². The monoisotopic (exact) mass is 486 g/mol. The average molecular weight is 487 g/mol. The van der Waals surface area contributed by atoms with Crippen LogP contribution in [0.5, 0.6) is 5.75 Å². The summed E-state index contributed by atoms with van der Waals surface area (Å²) in [6.07, 6.45) is 6.96. The van der Waals surface area contributed by atoms with Crippen LogP contribution in [0.25, 0.3) is 10.9 Å². The Balaban J connectivity index is 1.65. The number of rotatable bonds is 7. The highest BCUT2D eigenvalue weighted by molar-refractivity contribution is 7.92. The quantitative estimate of drug-likeness (QED) is 0.546. The predicted octanol–water partition coefficient (Wildman–Crippen LogP) is 3.86. The minimum absolute atomic E-state index is 0.0631. The maximum Gasteiger partial charge on any atom is 0.126 e. The first-order chi connectivity index (χ1) is 16.2. The van der Waals surface area contributed by atoms with E-state index in [9.17, 15) is 13.7 Å². The summed E-state index contributed by atoms with van der Waals surface area (Å²) in [4.78, 5) is 11.1. The minimum atomic E-state index is -2.29. The van der Waals surface area contributed by atoms with Gasteiger partial charge in [0.2, 0.25) is 0 Å². The molecule has 0 bridgehead atoms. The third-order valence-corrected chi connectivity index (χ3v) is 6.53. The number of aliphatic hydroxyl groups is 1. The van der Waals surface area contributed by atoms with E-state index >= 15 is 0 Å². The lowest BCUT2D eigenvalue weighted by atomic mass is 10.0. The van der Waals surface area contributed by atoms with Gasteiger partial charge in [-0.05, 0) is 50.1 Å². The number of fused-ring (bicyclic) bond motifs is 1. The van der Waals surface area contributed by atoms with Crippen LogP contribution >= 0.6 is 0 Å². The molecule has 0 amide bonds. The highest BCUT2D eigenvalue weighted by Gasteiger charge is 2.22. The number of hydrogen-bond donors (Lipinski definition) is 1. The lowest BCUT2D eigenvalue weighted by Gasteiger charge is -2.32. The van der Waals surface area contributed by atoms with Gasteiger partial charge in [0.1, 0.15) is 24.0 Å². The Bertz CT molecular complexity index is 1300. The number of nitrogens with zero attached hydrogens (tertiary/aromatic N) is 4. The smallest absolute Gasteiger partial charge is 0.126 e. The van der Waals surface area contributed by atoms with Gasteiger partial charge in [0, 0.05) is 58.8 Å². The van der Waals surface area contributed by atoms with Crippen molar-refractivity contribution in [3.05, 3.63) is 59.3 Å².